The molecule has 0 unspecified atom stereocenters. The summed E-state index contributed by atoms with van der Waals surface area (Å²) in [5.74, 6) is 1.08. The van der Waals surface area contributed by atoms with E-state index in [1.165, 1.54) is 16.9 Å². The second-order valence-electron chi connectivity index (χ2n) is 6.31. The van der Waals surface area contributed by atoms with Crippen molar-refractivity contribution in [2.24, 2.45) is 0 Å². The fourth-order valence-electron chi connectivity index (χ4n) is 3.04. The van der Waals surface area contributed by atoms with Gasteiger partial charge in [0.2, 0.25) is 10.0 Å². The van der Waals surface area contributed by atoms with Crippen molar-refractivity contribution in [3.05, 3.63) is 45.9 Å². The average molecular weight is 364 g/mol. The van der Waals surface area contributed by atoms with Crippen LogP contribution in [0.25, 0.3) is 0 Å². The van der Waals surface area contributed by atoms with Crippen LogP contribution in [-0.2, 0) is 29.4 Å². The molecule has 7 heteroatoms. The molecule has 1 saturated carbocycles. The Morgan fingerprint density at radius 2 is 2.21 bits per heavy atom. The molecule has 128 valence electrons. The van der Waals surface area contributed by atoms with Gasteiger partial charge in [0.1, 0.15) is 10.8 Å². The highest BCUT2D eigenvalue weighted by Gasteiger charge is 2.37. The Bertz CT molecular complexity index is 814. The van der Waals surface area contributed by atoms with Gasteiger partial charge in [-0.05, 0) is 36.5 Å². The Kier molecular flexibility index (Phi) is 4.32. The van der Waals surface area contributed by atoms with Crippen molar-refractivity contribution in [3.8, 4) is 5.75 Å². The van der Waals surface area contributed by atoms with Gasteiger partial charge >= 0.3 is 0 Å². The van der Waals surface area contributed by atoms with E-state index in [4.69, 9.17) is 4.74 Å². The molecule has 1 aromatic carbocycles. The number of hydrogen-bond acceptors (Lipinski definition) is 5. The topological polar surface area (TPSA) is 59.5 Å². The zero-order valence-electron chi connectivity index (χ0n) is 13.3. The van der Waals surface area contributed by atoms with E-state index in [0.29, 0.717) is 13.0 Å². The highest BCUT2D eigenvalue weighted by atomic mass is 32.2. The van der Waals surface area contributed by atoms with E-state index in [-0.39, 0.29) is 11.8 Å². The van der Waals surface area contributed by atoms with Crippen molar-refractivity contribution in [1.29, 1.82) is 0 Å². The number of thiazole rings is 1. The molecule has 2 aromatic rings. The van der Waals surface area contributed by atoms with Gasteiger partial charge in [-0.1, -0.05) is 12.1 Å². The third-order valence-electron chi connectivity index (χ3n) is 4.49. The maximum absolute atomic E-state index is 12.8. The highest BCUT2D eigenvalue weighted by Crippen LogP contribution is 2.32. The number of sulfonamides is 1. The fourth-order valence-corrected chi connectivity index (χ4v) is 5.45. The lowest BCUT2D eigenvalue weighted by Crippen LogP contribution is -2.35. The molecule has 0 N–H and O–H groups in total. The minimum Gasteiger partial charge on any atom is -0.493 e. The van der Waals surface area contributed by atoms with Crippen LogP contribution >= 0.6 is 11.3 Å². The zero-order chi connectivity index (χ0) is 16.6. The Morgan fingerprint density at radius 1 is 1.33 bits per heavy atom. The van der Waals surface area contributed by atoms with Crippen LogP contribution in [0.1, 0.15) is 29.0 Å². The summed E-state index contributed by atoms with van der Waals surface area (Å²) in [4.78, 5) is 4.24. The van der Waals surface area contributed by atoms with Gasteiger partial charge in [0, 0.05) is 24.0 Å². The minimum atomic E-state index is -3.28. The molecule has 0 spiro atoms. The predicted octanol–water partition coefficient (Wildman–Crippen LogP) is 2.61. The maximum atomic E-state index is 12.8. The van der Waals surface area contributed by atoms with Gasteiger partial charge in [-0.15, -0.1) is 11.3 Å². The second kappa shape index (κ2) is 6.46. The van der Waals surface area contributed by atoms with Crippen LogP contribution in [0.2, 0.25) is 0 Å². The van der Waals surface area contributed by atoms with Crippen molar-refractivity contribution in [2.75, 3.05) is 12.4 Å². The number of aryl methyl sites for hydroxylation is 1. The van der Waals surface area contributed by atoms with E-state index < -0.39 is 10.0 Å². The van der Waals surface area contributed by atoms with E-state index in [2.05, 4.69) is 11.1 Å². The van der Waals surface area contributed by atoms with Gasteiger partial charge in [0.15, 0.2) is 0 Å². The number of nitrogens with zero attached hydrogens (tertiary/aromatic N) is 2. The molecular formula is C17H20N2O3S2. The second-order valence-corrected chi connectivity index (χ2v) is 9.33. The van der Waals surface area contributed by atoms with Gasteiger partial charge in [-0.2, -0.15) is 4.31 Å². The molecule has 0 atom stereocenters. The molecular weight excluding hydrogens is 344 g/mol. The van der Waals surface area contributed by atoms with Crippen LogP contribution < -0.4 is 4.74 Å². The molecule has 0 saturated heterocycles. The SMILES string of the molecule is O=S(=O)(CCc1ccc2c(c1)CCO2)N(Cc1nccs1)C1CC1. The lowest BCUT2D eigenvalue weighted by Gasteiger charge is -2.20. The lowest BCUT2D eigenvalue weighted by molar-refractivity contribution is 0.357. The molecule has 2 aliphatic rings. The maximum Gasteiger partial charge on any atom is 0.215 e. The first kappa shape index (κ1) is 16.1. The van der Waals surface area contributed by atoms with E-state index in [9.17, 15) is 8.42 Å². The van der Waals surface area contributed by atoms with Gasteiger partial charge in [-0.3, -0.25) is 0 Å². The van der Waals surface area contributed by atoms with Crippen molar-refractivity contribution in [2.45, 2.75) is 38.3 Å². The third-order valence-corrected chi connectivity index (χ3v) is 7.11. The van der Waals surface area contributed by atoms with Crippen molar-refractivity contribution >= 4 is 21.4 Å². The van der Waals surface area contributed by atoms with Gasteiger partial charge in [0.05, 0.1) is 18.9 Å². The number of rotatable bonds is 7. The summed E-state index contributed by atoms with van der Waals surface area (Å²) < 4.78 is 32.8. The molecule has 5 nitrogen and oxygen atoms in total. The Hall–Kier alpha value is -1.44. The van der Waals surface area contributed by atoms with Crippen LogP contribution in [0.15, 0.2) is 29.8 Å². The number of ether oxygens (including phenoxy) is 1. The highest BCUT2D eigenvalue weighted by molar-refractivity contribution is 7.89. The first-order valence-corrected chi connectivity index (χ1v) is 10.7. The zero-order valence-corrected chi connectivity index (χ0v) is 15.0. The van der Waals surface area contributed by atoms with Crippen LogP contribution in [0.5, 0.6) is 5.75 Å². The number of hydrogen-bond donors (Lipinski definition) is 0. The molecule has 1 aromatic heterocycles. The van der Waals surface area contributed by atoms with Gasteiger partial charge < -0.3 is 4.74 Å². The van der Waals surface area contributed by atoms with Crippen LogP contribution in [-0.4, -0.2) is 36.1 Å². The smallest absolute Gasteiger partial charge is 0.215 e. The number of fused-ring (bicyclic) bond motifs is 1. The monoisotopic (exact) mass is 364 g/mol. The minimum absolute atomic E-state index is 0.147. The predicted molar refractivity (Wildman–Crippen MR) is 93.8 cm³/mol. The Labute approximate surface area is 146 Å². The summed E-state index contributed by atoms with van der Waals surface area (Å²) >= 11 is 1.51. The fraction of sp³-hybridized carbons (Fsp3) is 0.471. The first-order chi connectivity index (χ1) is 11.6. The molecule has 4 rings (SSSR count). The largest absolute Gasteiger partial charge is 0.493 e. The summed E-state index contributed by atoms with van der Waals surface area (Å²) in [6.45, 7) is 1.13. The molecule has 0 amide bonds. The third kappa shape index (κ3) is 3.48. The van der Waals surface area contributed by atoms with E-state index in [0.717, 1.165) is 42.2 Å². The first-order valence-electron chi connectivity index (χ1n) is 8.24. The molecule has 0 radical (unpaired) electrons. The summed E-state index contributed by atoms with van der Waals surface area (Å²) in [6.07, 6.45) is 5.09. The van der Waals surface area contributed by atoms with Crippen LogP contribution in [0, 0.1) is 0 Å². The molecule has 0 bridgehead atoms. The van der Waals surface area contributed by atoms with E-state index in [1.807, 2.05) is 17.5 Å². The molecule has 2 heterocycles. The average Bonchev–Trinajstić information content (AvgIpc) is 3.08. The summed E-state index contributed by atoms with van der Waals surface area (Å²) in [7, 11) is -3.28. The molecule has 1 fully saturated rings. The van der Waals surface area contributed by atoms with Gasteiger partial charge in [0.25, 0.3) is 0 Å². The summed E-state index contributed by atoms with van der Waals surface area (Å²) in [5, 5.41) is 2.75. The normalized spacial score (nSPS) is 17.0. The van der Waals surface area contributed by atoms with Crippen molar-refractivity contribution < 1.29 is 13.2 Å². The van der Waals surface area contributed by atoms with E-state index >= 15 is 0 Å². The van der Waals surface area contributed by atoms with Crippen LogP contribution in [0.3, 0.4) is 0 Å². The van der Waals surface area contributed by atoms with Crippen LogP contribution in [0.4, 0.5) is 0 Å². The molecule has 1 aliphatic carbocycles. The Balaban J connectivity index is 1.45. The van der Waals surface area contributed by atoms with Crippen molar-refractivity contribution in [1.82, 2.24) is 9.29 Å². The van der Waals surface area contributed by atoms with Gasteiger partial charge in [-0.25, -0.2) is 13.4 Å². The number of benzene rings is 1. The summed E-state index contributed by atoms with van der Waals surface area (Å²) in [5.41, 5.74) is 2.25. The van der Waals surface area contributed by atoms with E-state index in [1.54, 1.807) is 10.5 Å². The molecule has 1 aliphatic heterocycles. The Morgan fingerprint density at radius 3 is 2.96 bits per heavy atom. The molecule has 24 heavy (non-hydrogen) atoms. The standard InChI is InChI=1S/C17H20N2O3S2/c20-24(21,19(15-2-3-15)12-17-18-7-9-23-17)10-6-13-1-4-16-14(11-13)5-8-22-16/h1,4,7,9,11,15H,2-3,5-6,8,10,12H2. The number of aromatic nitrogens is 1. The van der Waals surface area contributed by atoms with Crippen molar-refractivity contribution in [3.63, 3.8) is 0 Å². The summed E-state index contributed by atoms with van der Waals surface area (Å²) in [6, 6.07) is 6.17. The lowest BCUT2D eigenvalue weighted by atomic mass is 10.1. The quantitative estimate of drug-likeness (QED) is 0.758.